The Kier molecular flexibility index (Phi) is 8.30. The van der Waals surface area contributed by atoms with E-state index in [2.05, 4.69) is 33.5 Å². The molecule has 1 amide bonds. The predicted octanol–water partition coefficient (Wildman–Crippen LogP) is 2.72. The summed E-state index contributed by atoms with van der Waals surface area (Å²) in [6.07, 6.45) is 1.46. The van der Waals surface area contributed by atoms with E-state index in [9.17, 15) is 4.79 Å². The molecule has 0 aliphatic rings. The van der Waals surface area contributed by atoms with Gasteiger partial charge in [0.25, 0.3) is 0 Å². The van der Waals surface area contributed by atoms with Gasteiger partial charge in [-0.25, -0.2) is 0 Å². The van der Waals surface area contributed by atoms with Crippen molar-refractivity contribution in [2.45, 2.75) is 32.7 Å². The van der Waals surface area contributed by atoms with Crippen molar-refractivity contribution in [2.24, 2.45) is 0 Å². The molecule has 2 N–H and O–H groups in total. The smallest absolute Gasteiger partial charge is 0.221 e. The van der Waals surface area contributed by atoms with Crippen LogP contribution in [0.1, 0.15) is 26.7 Å². The highest BCUT2D eigenvalue weighted by Gasteiger charge is 2.04. The second-order valence-corrected chi connectivity index (χ2v) is 5.59. The van der Waals surface area contributed by atoms with Crippen molar-refractivity contribution >= 4 is 21.8 Å². The van der Waals surface area contributed by atoms with Gasteiger partial charge in [0.1, 0.15) is 12.4 Å². The van der Waals surface area contributed by atoms with Gasteiger partial charge in [0.2, 0.25) is 5.91 Å². The highest BCUT2D eigenvalue weighted by molar-refractivity contribution is 9.10. The Labute approximate surface area is 129 Å². The van der Waals surface area contributed by atoms with E-state index in [1.165, 1.54) is 0 Å². The zero-order valence-corrected chi connectivity index (χ0v) is 13.7. The Morgan fingerprint density at radius 3 is 2.65 bits per heavy atom. The van der Waals surface area contributed by atoms with Crippen LogP contribution in [-0.2, 0) is 4.79 Å². The van der Waals surface area contributed by atoms with Crippen molar-refractivity contribution in [3.63, 3.8) is 0 Å². The largest absolute Gasteiger partial charge is 0.492 e. The molecule has 5 heteroatoms. The summed E-state index contributed by atoms with van der Waals surface area (Å²) in [7, 11) is 0. The molecule has 1 aromatic rings. The molecule has 112 valence electrons. The number of hydrogen-bond acceptors (Lipinski definition) is 3. The van der Waals surface area contributed by atoms with Crippen LogP contribution in [0.2, 0.25) is 0 Å². The summed E-state index contributed by atoms with van der Waals surface area (Å²) in [6.45, 7) is 6.06. The van der Waals surface area contributed by atoms with Crippen LogP contribution in [0.4, 0.5) is 0 Å². The van der Waals surface area contributed by atoms with Gasteiger partial charge in [-0.15, -0.1) is 0 Å². The first-order valence-electron chi connectivity index (χ1n) is 7.00. The quantitative estimate of drug-likeness (QED) is 0.678. The molecule has 0 aliphatic heterocycles. The molecule has 0 radical (unpaired) electrons. The zero-order valence-electron chi connectivity index (χ0n) is 12.1. The topological polar surface area (TPSA) is 50.4 Å². The van der Waals surface area contributed by atoms with Crippen LogP contribution < -0.4 is 15.4 Å². The second-order valence-electron chi connectivity index (χ2n) is 4.68. The SMILES string of the molecule is CCC(C)NC(=O)CCNCCOc1ccc(Br)cc1. The summed E-state index contributed by atoms with van der Waals surface area (Å²) >= 11 is 3.38. The number of benzene rings is 1. The van der Waals surface area contributed by atoms with Crippen molar-refractivity contribution in [2.75, 3.05) is 19.7 Å². The number of carbonyl (C=O) groups is 1. The molecule has 0 fully saturated rings. The normalized spacial score (nSPS) is 11.9. The molecule has 20 heavy (non-hydrogen) atoms. The molecule has 0 bridgehead atoms. The maximum atomic E-state index is 11.5. The van der Waals surface area contributed by atoms with E-state index < -0.39 is 0 Å². The highest BCUT2D eigenvalue weighted by Crippen LogP contribution is 2.15. The van der Waals surface area contributed by atoms with E-state index in [4.69, 9.17) is 4.74 Å². The molecule has 0 heterocycles. The molecule has 0 spiro atoms. The van der Waals surface area contributed by atoms with Gasteiger partial charge in [-0.1, -0.05) is 22.9 Å². The van der Waals surface area contributed by atoms with E-state index in [1.807, 2.05) is 31.2 Å². The minimum atomic E-state index is 0.0978. The lowest BCUT2D eigenvalue weighted by atomic mass is 10.2. The molecule has 1 aromatic carbocycles. The molecular weight excluding hydrogens is 320 g/mol. The summed E-state index contributed by atoms with van der Waals surface area (Å²) in [5.41, 5.74) is 0. The van der Waals surface area contributed by atoms with Gasteiger partial charge in [-0.2, -0.15) is 0 Å². The van der Waals surface area contributed by atoms with Crippen molar-refractivity contribution in [3.05, 3.63) is 28.7 Å². The van der Waals surface area contributed by atoms with Crippen LogP contribution in [0.3, 0.4) is 0 Å². The first-order chi connectivity index (χ1) is 9.61. The molecule has 0 aromatic heterocycles. The minimum Gasteiger partial charge on any atom is -0.492 e. The summed E-state index contributed by atoms with van der Waals surface area (Å²) in [4.78, 5) is 11.5. The number of amides is 1. The number of carbonyl (C=O) groups excluding carboxylic acids is 1. The van der Waals surface area contributed by atoms with Crippen LogP contribution in [0.25, 0.3) is 0 Å². The van der Waals surface area contributed by atoms with Gasteiger partial charge >= 0.3 is 0 Å². The fourth-order valence-corrected chi connectivity index (χ4v) is 1.81. The number of nitrogens with one attached hydrogen (secondary N) is 2. The third-order valence-corrected chi connectivity index (χ3v) is 3.44. The van der Waals surface area contributed by atoms with Crippen molar-refractivity contribution in [1.82, 2.24) is 10.6 Å². The molecule has 1 rings (SSSR count). The fraction of sp³-hybridized carbons (Fsp3) is 0.533. The van der Waals surface area contributed by atoms with Crippen molar-refractivity contribution in [3.8, 4) is 5.75 Å². The Bertz CT molecular complexity index is 395. The molecular formula is C15H23BrN2O2. The number of rotatable bonds is 9. The van der Waals surface area contributed by atoms with Crippen LogP contribution in [-0.4, -0.2) is 31.6 Å². The Morgan fingerprint density at radius 1 is 1.30 bits per heavy atom. The number of halogens is 1. The maximum Gasteiger partial charge on any atom is 0.221 e. The standard InChI is InChI=1S/C15H23BrN2O2/c1-3-12(2)18-15(19)8-9-17-10-11-20-14-6-4-13(16)5-7-14/h4-7,12,17H,3,8-11H2,1-2H3,(H,18,19). The minimum absolute atomic E-state index is 0.0978. The number of hydrogen-bond donors (Lipinski definition) is 2. The average molecular weight is 343 g/mol. The first kappa shape index (κ1) is 17.0. The molecule has 4 nitrogen and oxygen atoms in total. The van der Waals surface area contributed by atoms with Crippen molar-refractivity contribution < 1.29 is 9.53 Å². The van der Waals surface area contributed by atoms with Crippen LogP contribution >= 0.6 is 15.9 Å². The van der Waals surface area contributed by atoms with Crippen LogP contribution in [0.15, 0.2) is 28.7 Å². The molecule has 1 atom stereocenters. The molecule has 0 saturated heterocycles. The maximum absolute atomic E-state index is 11.5. The summed E-state index contributed by atoms with van der Waals surface area (Å²) in [5.74, 6) is 0.949. The predicted molar refractivity (Wildman–Crippen MR) is 85.0 cm³/mol. The van der Waals surface area contributed by atoms with Gasteiger partial charge in [0.05, 0.1) is 0 Å². The van der Waals surface area contributed by atoms with E-state index >= 15 is 0 Å². The Balaban J connectivity index is 2.02. The molecule has 1 unspecified atom stereocenters. The van der Waals surface area contributed by atoms with Gasteiger partial charge in [0, 0.05) is 30.0 Å². The summed E-state index contributed by atoms with van der Waals surface area (Å²) < 4.78 is 6.60. The van der Waals surface area contributed by atoms with E-state index in [-0.39, 0.29) is 11.9 Å². The van der Waals surface area contributed by atoms with E-state index in [0.29, 0.717) is 19.6 Å². The van der Waals surface area contributed by atoms with E-state index in [0.717, 1.165) is 23.2 Å². The summed E-state index contributed by atoms with van der Waals surface area (Å²) in [5, 5.41) is 6.13. The monoisotopic (exact) mass is 342 g/mol. The zero-order chi connectivity index (χ0) is 14.8. The lowest BCUT2D eigenvalue weighted by Gasteiger charge is -2.11. The Hall–Kier alpha value is -1.07. The van der Waals surface area contributed by atoms with Gasteiger partial charge in [0.15, 0.2) is 0 Å². The second kappa shape index (κ2) is 9.77. The first-order valence-corrected chi connectivity index (χ1v) is 7.79. The number of ether oxygens (including phenoxy) is 1. The molecule has 0 saturated carbocycles. The van der Waals surface area contributed by atoms with E-state index in [1.54, 1.807) is 0 Å². The van der Waals surface area contributed by atoms with Gasteiger partial charge in [-0.3, -0.25) is 4.79 Å². The Morgan fingerprint density at radius 2 is 2.00 bits per heavy atom. The lowest BCUT2D eigenvalue weighted by molar-refractivity contribution is -0.121. The summed E-state index contributed by atoms with van der Waals surface area (Å²) in [6, 6.07) is 7.99. The fourth-order valence-electron chi connectivity index (χ4n) is 1.55. The van der Waals surface area contributed by atoms with Gasteiger partial charge < -0.3 is 15.4 Å². The van der Waals surface area contributed by atoms with Gasteiger partial charge in [-0.05, 0) is 37.6 Å². The average Bonchev–Trinajstić information content (AvgIpc) is 2.44. The van der Waals surface area contributed by atoms with Crippen molar-refractivity contribution in [1.29, 1.82) is 0 Å². The lowest BCUT2D eigenvalue weighted by Crippen LogP contribution is -2.34. The third kappa shape index (κ3) is 7.50. The molecule has 0 aliphatic carbocycles. The highest BCUT2D eigenvalue weighted by atomic mass is 79.9. The third-order valence-electron chi connectivity index (χ3n) is 2.91. The van der Waals surface area contributed by atoms with Crippen LogP contribution in [0.5, 0.6) is 5.75 Å². The van der Waals surface area contributed by atoms with Crippen LogP contribution in [0, 0.1) is 0 Å².